The van der Waals surface area contributed by atoms with E-state index in [1.54, 1.807) is 0 Å². The van der Waals surface area contributed by atoms with Crippen molar-refractivity contribution in [3.05, 3.63) is 30.1 Å². The lowest BCUT2D eigenvalue weighted by atomic mass is 10.3. The molecule has 0 saturated heterocycles. The van der Waals surface area contributed by atoms with E-state index in [1.165, 1.54) is 0 Å². The van der Waals surface area contributed by atoms with E-state index in [9.17, 15) is 0 Å². The van der Waals surface area contributed by atoms with Crippen molar-refractivity contribution in [2.24, 2.45) is 0 Å². The number of rotatable bonds is 1. The lowest BCUT2D eigenvalue weighted by Gasteiger charge is -2.03. The fraction of sp³-hybridized carbons (Fsp3) is 0.222. The predicted molar refractivity (Wildman–Crippen MR) is 49.8 cm³/mol. The van der Waals surface area contributed by atoms with Crippen LogP contribution in [0.3, 0.4) is 0 Å². The van der Waals surface area contributed by atoms with Gasteiger partial charge in [-0.15, -0.1) is 0 Å². The molecule has 1 aromatic carbocycles. The van der Waals surface area contributed by atoms with E-state index >= 15 is 0 Å². The molecule has 3 heteroatoms. The van der Waals surface area contributed by atoms with Crippen LogP contribution in [0.25, 0.3) is 11.0 Å². The van der Waals surface area contributed by atoms with Crippen molar-refractivity contribution < 1.29 is 0 Å². The second kappa shape index (κ2) is 2.52. The van der Waals surface area contributed by atoms with Gasteiger partial charge in [0.1, 0.15) is 5.82 Å². The van der Waals surface area contributed by atoms with E-state index in [1.807, 2.05) is 42.9 Å². The first-order valence-electron chi connectivity index (χ1n) is 3.95. The highest BCUT2D eigenvalue weighted by molar-refractivity contribution is 5.76. The van der Waals surface area contributed by atoms with Gasteiger partial charge in [0.25, 0.3) is 0 Å². The average Bonchev–Trinajstić information content (AvgIpc) is 2.40. The van der Waals surface area contributed by atoms with Crippen molar-refractivity contribution in [3.8, 4) is 0 Å². The Balaban J connectivity index is 2.81. The molecule has 0 radical (unpaired) electrons. The lowest BCUT2D eigenvalue weighted by Crippen LogP contribution is -2.09. The minimum absolute atomic E-state index is 0.985. The summed E-state index contributed by atoms with van der Waals surface area (Å²) in [5, 5.41) is 0. The minimum atomic E-state index is 0.985. The SMILES string of the molecule is CNn1c(C)nc2ccccc21. The van der Waals surface area contributed by atoms with Gasteiger partial charge in [-0.3, -0.25) is 0 Å². The largest absolute Gasteiger partial charge is 0.327 e. The van der Waals surface area contributed by atoms with Crippen molar-refractivity contribution in [1.82, 2.24) is 9.66 Å². The molecule has 0 amide bonds. The number of nitrogens with zero attached hydrogens (tertiary/aromatic N) is 2. The number of para-hydroxylation sites is 2. The van der Waals surface area contributed by atoms with E-state index in [-0.39, 0.29) is 0 Å². The molecule has 1 N–H and O–H groups in total. The summed E-state index contributed by atoms with van der Waals surface area (Å²) < 4.78 is 1.97. The van der Waals surface area contributed by atoms with Crippen LogP contribution in [0.1, 0.15) is 5.82 Å². The van der Waals surface area contributed by atoms with Crippen molar-refractivity contribution >= 4 is 11.0 Å². The first-order valence-corrected chi connectivity index (χ1v) is 3.95. The summed E-state index contributed by atoms with van der Waals surface area (Å²) in [6, 6.07) is 8.06. The molecule has 0 saturated carbocycles. The third-order valence-electron chi connectivity index (χ3n) is 1.95. The summed E-state index contributed by atoms with van der Waals surface area (Å²) in [5.74, 6) is 0.985. The average molecular weight is 161 g/mol. The van der Waals surface area contributed by atoms with Gasteiger partial charge in [0, 0.05) is 7.05 Å². The van der Waals surface area contributed by atoms with Crippen LogP contribution in [-0.4, -0.2) is 16.7 Å². The molecule has 0 fully saturated rings. The number of hydrogen-bond donors (Lipinski definition) is 1. The summed E-state index contributed by atoms with van der Waals surface area (Å²) in [6.45, 7) is 1.98. The fourth-order valence-electron chi connectivity index (χ4n) is 1.43. The van der Waals surface area contributed by atoms with Crippen molar-refractivity contribution in [1.29, 1.82) is 0 Å². The molecule has 0 aliphatic heterocycles. The maximum Gasteiger partial charge on any atom is 0.125 e. The smallest absolute Gasteiger partial charge is 0.125 e. The summed E-state index contributed by atoms with van der Waals surface area (Å²) in [6.07, 6.45) is 0. The number of hydrogen-bond acceptors (Lipinski definition) is 2. The number of aryl methyl sites for hydroxylation is 1. The van der Waals surface area contributed by atoms with Gasteiger partial charge < -0.3 is 5.43 Å². The second-order valence-corrected chi connectivity index (χ2v) is 2.71. The molecular weight excluding hydrogens is 150 g/mol. The molecule has 1 aromatic heterocycles. The topological polar surface area (TPSA) is 29.9 Å². The maximum absolute atomic E-state index is 4.38. The summed E-state index contributed by atoms with van der Waals surface area (Å²) >= 11 is 0. The van der Waals surface area contributed by atoms with E-state index < -0.39 is 0 Å². The Morgan fingerprint density at radius 1 is 1.33 bits per heavy atom. The molecule has 2 aromatic rings. The van der Waals surface area contributed by atoms with Crippen LogP contribution < -0.4 is 5.43 Å². The number of aromatic nitrogens is 2. The van der Waals surface area contributed by atoms with Crippen LogP contribution in [0, 0.1) is 6.92 Å². The van der Waals surface area contributed by atoms with Gasteiger partial charge in [0.15, 0.2) is 0 Å². The molecule has 3 nitrogen and oxygen atoms in total. The van der Waals surface area contributed by atoms with Crippen LogP contribution in [-0.2, 0) is 0 Å². The normalized spacial score (nSPS) is 10.5. The highest BCUT2D eigenvalue weighted by Crippen LogP contribution is 2.12. The monoisotopic (exact) mass is 161 g/mol. The van der Waals surface area contributed by atoms with Crippen LogP contribution in [0.4, 0.5) is 0 Å². The van der Waals surface area contributed by atoms with Gasteiger partial charge in [-0.2, -0.15) is 0 Å². The zero-order valence-corrected chi connectivity index (χ0v) is 7.20. The molecule has 0 aliphatic carbocycles. The lowest BCUT2D eigenvalue weighted by molar-refractivity contribution is 0.896. The number of imidazole rings is 1. The fourth-order valence-corrected chi connectivity index (χ4v) is 1.43. The molecule has 0 unspecified atom stereocenters. The Hall–Kier alpha value is -1.51. The molecule has 0 bridgehead atoms. The van der Waals surface area contributed by atoms with Crippen LogP contribution in [0.5, 0.6) is 0 Å². The minimum Gasteiger partial charge on any atom is -0.327 e. The zero-order valence-electron chi connectivity index (χ0n) is 7.20. The van der Waals surface area contributed by atoms with E-state index in [4.69, 9.17) is 0 Å². The van der Waals surface area contributed by atoms with Gasteiger partial charge >= 0.3 is 0 Å². The van der Waals surface area contributed by atoms with Crippen molar-refractivity contribution in [2.75, 3.05) is 12.5 Å². The molecule has 0 atom stereocenters. The van der Waals surface area contributed by atoms with E-state index in [2.05, 4.69) is 10.4 Å². The molecule has 0 spiro atoms. The highest BCUT2D eigenvalue weighted by Gasteiger charge is 2.02. The standard InChI is InChI=1S/C9H11N3/c1-7-11-8-5-3-4-6-9(8)12(7)10-2/h3-6,10H,1-2H3. The van der Waals surface area contributed by atoms with Gasteiger partial charge in [-0.1, -0.05) is 12.1 Å². The Kier molecular flexibility index (Phi) is 1.50. The van der Waals surface area contributed by atoms with Gasteiger partial charge in [-0.25, -0.2) is 9.66 Å². The Bertz CT molecular complexity index is 403. The third-order valence-corrected chi connectivity index (χ3v) is 1.95. The van der Waals surface area contributed by atoms with Gasteiger partial charge in [-0.05, 0) is 19.1 Å². The first kappa shape index (κ1) is 7.16. The van der Waals surface area contributed by atoms with Crippen LogP contribution >= 0.6 is 0 Å². The third kappa shape index (κ3) is 0.863. The number of fused-ring (bicyclic) bond motifs is 1. The highest BCUT2D eigenvalue weighted by atomic mass is 15.4. The Morgan fingerprint density at radius 3 is 2.83 bits per heavy atom. The molecule has 62 valence electrons. The number of benzene rings is 1. The summed E-state index contributed by atoms with van der Waals surface area (Å²) in [5.41, 5.74) is 5.23. The molecule has 1 heterocycles. The quantitative estimate of drug-likeness (QED) is 0.687. The van der Waals surface area contributed by atoms with E-state index in [0.717, 1.165) is 16.9 Å². The maximum atomic E-state index is 4.38. The number of nitrogens with one attached hydrogen (secondary N) is 1. The van der Waals surface area contributed by atoms with Crippen LogP contribution in [0.15, 0.2) is 24.3 Å². The Morgan fingerprint density at radius 2 is 2.08 bits per heavy atom. The summed E-state index contributed by atoms with van der Waals surface area (Å²) in [4.78, 5) is 4.38. The summed E-state index contributed by atoms with van der Waals surface area (Å²) in [7, 11) is 1.89. The van der Waals surface area contributed by atoms with Crippen LogP contribution in [0.2, 0.25) is 0 Å². The van der Waals surface area contributed by atoms with Crippen molar-refractivity contribution in [2.45, 2.75) is 6.92 Å². The molecule has 2 rings (SSSR count). The molecular formula is C9H11N3. The second-order valence-electron chi connectivity index (χ2n) is 2.71. The zero-order chi connectivity index (χ0) is 8.55. The first-order chi connectivity index (χ1) is 5.83. The van der Waals surface area contributed by atoms with E-state index in [0.29, 0.717) is 0 Å². The van der Waals surface area contributed by atoms with Crippen molar-refractivity contribution in [3.63, 3.8) is 0 Å². The molecule has 0 aliphatic rings. The van der Waals surface area contributed by atoms with Gasteiger partial charge in [0.2, 0.25) is 0 Å². The predicted octanol–water partition coefficient (Wildman–Crippen LogP) is 1.52. The Labute approximate surface area is 71.0 Å². The molecule has 12 heavy (non-hydrogen) atoms. The van der Waals surface area contributed by atoms with Gasteiger partial charge in [0.05, 0.1) is 11.0 Å².